The van der Waals surface area contributed by atoms with E-state index >= 15 is 0 Å². The van der Waals surface area contributed by atoms with Crippen LogP contribution in [-0.4, -0.2) is 19.0 Å². The summed E-state index contributed by atoms with van der Waals surface area (Å²) in [5.74, 6) is -0.0491. The Kier molecular flexibility index (Phi) is 6.34. The van der Waals surface area contributed by atoms with E-state index in [9.17, 15) is 4.79 Å². The van der Waals surface area contributed by atoms with Crippen molar-refractivity contribution in [2.45, 2.75) is 19.8 Å². The van der Waals surface area contributed by atoms with Crippen molar-refractivity contribution in [2.75, 3.05) is 18.4 Å². The van der Waals surface area contributed by atoms with Crippen LogP contribution in [0.4, 0.5) is 5.69 Å². The largest absolute Gasteiger partial charge is 0.326 e. The average molecular weight is 275 g/mol. The van der Waals surface area contributed by atoms with Gasteiger partial charge in [-0.15, -0.1) is 0 Å². The molecule has 0 saturated heterocycles. The highest BCUT2D eigenvalue weighted by Crippen LogP contribution is 2.22. The smallest absolute Gasteiger partial charge is 0.225 e. The monoisotopic (exact) mass is 274 g/mol. The molecule has 1 aromatic rings. The van der Waals surface area contributed by atoms with Gasteiger partial charge in [0.05, 0.1) is 0 Å². The maximum Gasteiger partial charge on any atom is 0.225 e. The Labute approximate surface area is 111 Å². The van der Waals surface area contributed by atoms with Crippen molar-refractivity contribution < 1.29 is 4.79 Å². The first-order valence-electron chi connectivity index (χ1n) is 5.58. The summed E-state index contributed by atoms with van der Waals surface area (Å²) in [6.07, 6.45) is 1.50. The molecule has 0 heterocycles. The molecule has 0 fully saturated rings. The van der Waals surface area contributed by atoms with Gasteiger partial charge < -0.3 is 10.6 Å². The number of nitrogens with one attached hydrogen (secondary N) is 2. The van der Waals surface area contributed by atoms with E-state index in [-0.39, 0.29) is 5.91 Å². The van der Waals surface area contributed by atoms with Crippen molar-refractivity contribution in [2.24, 2.45) is 0 Å². The van der Waals surface area contributed by atoms with E-state index in [1.54, 1.807) is 18.2 Å². The third kappa shape index (κ3) is 5.91. The van der Waals surface area contributed by atoms with E-state index in [4.69, 9.17) is 23.2 Å². The second kappa shape index (κ2) is 7.54. The zero-order valence-corrected chi connectivity index (χ0v) is 11.2. The van der Waals surface area contributed by atoms with Crippen LogP contribution in [0.3, 0.4) is 0 Å². The van der Waals surface area contributed by atoms with Crippen LogP contribution < -0.4 is 10.6 Å². The van der Waals surface area contributed by atoms with E-state index in [0.29, 0.717) is 28.7 Å². The van der Waals surface area contributed by atoms with Gasteiger partial charge in [0.25, 0.3) is 0 Å². The Morgan fingerprint density at radius 1 is 1.18 bits per heavy atom. The second-order valence-corrected chi connectivity index (χ2v) is 4.58. The molecule has 0 saturated carbocycles. The third-order valence-corrected chi connectivity index (χ3v) is 2.54. The van der Waals surface area contributed by atoms with Crippen molar-refractivity contribution in [3.05, 3.63) is 28.2 Å². The van der Waals surface area contributed by atoms with Gasteiger partial charge in [0.2, 0.25) is 5.91 Å². The van der Waals surface area contributed by atoms with Crippen LogP contribution in [0.2, 0.25) is 10.0 Å². The maximum absolute atomic E-state index is 11.6. The highest BCUT2D eigenvalue weighted by atomic mass is 35.5. The fourth-order valence-corrected chi connectivity index (χ4v) is 1.88. The van der Waals surface area contributed by atoms with Crippen molar-refractivity contribution in [1.29, 1.82) is 0 Å². The Hall–Kier alpha value is -0.770. The Morgan fingerprint density at radius 3 is 2.41 bits per heavy atom. The van der Waals surface area contributed by atoms with E-state index < -0.39 is 0 Å². The zero-order chi connectivity index (χ0) is 12.7. The van der Waals surface area contributed by atoms with Crippen molar-refractivity contribution in [3.8, 4) is 0 Å². The molecule has 0 radical (unpaired) electrons. The summed E-state index contributed by atoms with van der Waals surface area (Å²) >= 11 is 11.7. The number of carbonyl (C=O) groups excluding carboxylic acids is 1. The Balaban J connectivity index is 2.39. The Bertz CT molecular complexity index is 363. The lowest BCUT2D eigenvalue weighted by atomic mass is 10.3. The van der Waals surface area contributed by atoms with Gasteiger partial charge >= 0.3 is 0 Å². The Morgan fingerprint density at radius 2 is 1.82 bits per heavy atom. The van der Waals surface area contributed by atoms with Crippen LogP contribution in [0.15, 0.2) is 18.2 Å². The minimum absolute atomic E-state index is 0.0491. The van der Waals surface area contributed by atoms with E-state index in [1.165, 1.54) is 0 Å². The van der Waals surface area contributed by atoms with Crippen LogP contribution in [0.25, 0.3) is 0 Å². The summed E-state index contributed by atoms with van der Waals surface area (Å²) in [4.78, 5) is 11.6. The summed E-state index contributed by atoms with van der Waals surface area (Å²) in [6, 6.07) is 4.97. The zero-order valence-electron chi connectivity index (χ0n) is 9.72. The number of carbonyl (C=O) groups is 1. The molecule has 0 aliphatic heterocycles. The molecule has 0 bridgehead atoms. The molecule has 0 aliphatic carbocycles. The van der Waals surface area contributed by atoms with Crippen LogP contribution in [0, 0.1) is 0 Å². The normalized spacial score (nSPS) is 10.3. The molecule has 17 heavy (non-hydrogen) atoms. The molecule has 1 rings (SSSR count). The van der Waals surface area contributed by atoms with Gasteiger partial charge in [-0.2, -0.15) is 0 Å². The molecular weight excluding hydrogens is 259 g/mol. The van der Waals surface area contributed by atoms with Gasteiger partial charge in [0.15, 0.2) is 0 Å². The molecule has 0 unspecified atom stereocenters. The number of hydrogen-bond acceptors (Lipinski definition) is 2. The fraction of sp³-hybridized carbons (Fsp3) is 0.417. The van der Waals surface area contributed by atoms with E-state index in [1.807, 2.05) is 0 Å². The SMILES string of the molecule is CCCNCCC(=O)Nc1cc(Cl)cc(Cl)c1. The fourth-order valence-electron chi connectivity index (χ4n) is 1.35. The maximum atomic E-state index is 11.6. The summed E-state index contributed by atoms with van der Waals surface area (Å²) in [6.45, 7) is 3.69. The van der Waals surface area contributed by atoms with Crippen molar-refractivity contribution >= 4 is 34.8 Å². The first-order valence-corrected chi connectivity index (χ1v) is 6.34. The molecule has 0 spiro atoms. The highest BCUT2D eigenvalue weighted by molar-refractivity contribution is 6.35. The van der Waals surface area contributed by atoms with Crippen LogP contribution in [-0.2, 0) is 4.79 Å². The molecule has 5 heteroatoms. The van der Waals surface area contributed by atoms with Gasteiger partial charge in [-0.1, -0.05) is 30.1 Å². The molecule has 2 N–H and O–H groups in total. The summed E-state index contributed by atoms with van der Waals surface area (Å²) in [7, 11) is 0. The molecule has 0 aliphatic rings. The minimum Gasteiger partial charge on any atom is -0.326 e. The number of anilines is 1. The predicted molar refractivity (Wildman–Crippen MR) is 72.9 cm³/mol. The summed E-state index contributed by atoms with van der Waals surface area (Å²) in [5.41, 5.74) is 0.628. The van der Waals surface area contributed by atoms with Gasteiger partial charge in [0, 0.05) is 28.7 Å². The van der Waals surface area contributed by atoms with Crippen molar-refractivity contribution in [1.82, 2.24) is 5.32 Å². The first kappa shape index (κ1) is 14.3. The topological polar surface area (TPSA) is 41.1 Å². The van der Waals surface area contributed by atoms with Gasteiger partial charge in [-0.05, 0) is 31.2 Å². The van der Waals surface area contributed by atoms with Crippen molar-refractivity contribution in [3.63, 3.8) is 0 Å². The number of benzene rings is 1. The van der Waals surface area contributed by atoms with Crippen LogP contribution in [0.5, 0.6) is 0 Å². The minimum atomic E-state index is -0.0491. The molecule has 94 valence electrons. The summed E-state index contributed by atoms with van der Waals surface area (Å²) in [5, 5.41) is 6.94. The lowest BCUT2D eigenvalue weighted by Crippen LogP contribution is -2.22. The van der Waals surface area contributed by atoms with Crippen LogP contribution >= 0.6 is 23.2 Å². The van der Waals surface area contributed by atoms with E-state index in [0.717, 1.165) is 13.0 Å². The average Bonchev–Trinajstić information content (AvgIpc) is 2.23. The molecule has 0 atom stereocenters. The number of rotatable bonds is 6. The number of halogens is 2. The first-order chi connectivity index (χ1) is 8.11. The van der Waals surface area contributed by atoms with Gasteiger partial charge in [0.1, 0.15) is 0 Å². The molecule has 3 nitrogen and oxygen atoms in total. The molecule has 1 aromatic carbocycles. The summed E-state index contributed by atoms with van der Waals surface area (Å²) < 4.78 is 0. The highest BCUT2D eigenvalue weighted by Gasteiger charge is 2.03. The predicted octanol–water partition coefficient (Wildman–Crippen LogP) is 3.32. The molecular formula is C12H16Cl2N2O. The molecule has 1 amide bonds. The van der Waals surface area contributed by atoms with Gasteiger partial charge in [-0.25, -0.2) is 0 Å². The van der Waals surface area contributed by atoms with Gasteiger partial charge in [-0.3, -0.25) is 4.79 Å². The standard InChI is InChI=1S/C12H16Cl2N2O/c1-2-4-15-5-3-12(17)16-11-7-9(13)6-10(14)8-11/h6-8,15H,2-5H2,1H3,(H,16,17). The number of hydrogen-bond donors (Lipinski definition) is 2. The number of amides is 1. The van der Waals surface area contributed by atoms with E-state index in [2.05, 4.69) is 17.6 Å². The second-order valence-electron chi connectivity index (χ2n) is 3.71. The third-order valence-electron chi connectivity index (χ3n) is 2.10. The van der Waals surface area contributed by atoms with Crippen LogP contribution in [0.1, 0.15) is 19.8 Å². The lowest BCUT2D eigenvalue weighted by Gasteiger charge is -2.06. The molecule has 0 aromatic heterocycles. The lowest BCUT2D eigenvalue weighted by molar-refractivity contribution is -0.116. The quantitative estimate of drug-likeness (QED) is 0.782.